The lowest BCUT2D eigenvalue weighted by molar-refractivity contribution is 0.284. The number of aromatic nitrogens is 4. The van der Waals surface area contributed by atoms with Crippen molar-refractivity contribution in [3.05, 3.63) is 17.6 Å². The van der Waals surface area contributed by atoms with E-state index >= 15 is 0 Å². The average Bonchev–Trinajstić information content (AvgIpc) is 3.26. The van der Waals surface area contributed by atoms with Crippen LogP contribution in [0.2, 0.25) is 0 Å². The minimum absolute atomic E-state index is 0.407. The summed E-state index contributed by atoms with van der Waals surface area (Å²) in [4.78, 5) is 6.74. The van der Waals surface area contributed by atoms with Crippen molar-refractivity contribution in [2.75, 3.05) is 31.1 Å². The van der Waals surface area contributed by atoms with Crippen LogP contribution in [-0.4, -0.2) is 46.5 Å². The Balaban J connectivity index is 1.30. The molecule has 130 valence electrons. The number of hydrogen-bond acceptors (Lipinski definition) is 8. The molecule has 1 N–H and O–H groups in total. The Morgan fingerprint density at radius 3 is 2.62 bits per heavy atom. The first-order valence-corrected chi connectivity index (χ1v) is 8.86. The molecule has 2 aromatic rings. The Kier molecular flexibility index (Phi) is 4.46. The Labute approximate surface area is 141 Å². The number of piperazine rings is 1. The maximum Gasteiger partial charge on any atom is 0.324 e. The van der Waals surface area contributed by atoms with Crippen molar-refractivity contribution in [3.63, 3.8) is 0 Å². The highest BCUT2D eigenvalue weighted by atomic mass is 16.5. The van der Waals surface area contributed by atoms with Gasteiger partial charge in [-0.15, -0.1) is 10.2 Å². The van der Waals surface area contributed by atoms with Crippen LogP contribution in [0.25, 0.3) is 0 Å². The van der Waals surface area contributed by atoms with Crippen molar-refractivity contribution in [3.8, 4) is 0 Å². The van der Waals surface area contributed by atoms with Gasteiger partial charge in [0.25, 0.3) is 0 Å². The summed E-state index contributed by atoms with van der Waals surface area (Å²) in [6, 6.07) is 0.668. The quantitative estimate of drug-likeness (QED) is 0.904. The van der Waals surface area contributed by atoms with Crippen molar-refractivity contribution in [2.45, 2.75) is 44.9 Å². The minimum Gasteiger partial charge on any atom is -0.425 e. The molecule has 1 aliphatic heterocycles. The van der Waals surface area contributed by atoms with Gasteiger partial charge >= 0.3 is 6.01 Å². The fourth-order valence-corrected chi connectivity index (χ4v) is 3.66. The van der Waals surface area contributed by atoms with E-state index in [9.17, 15) is 0 Å². The second-order valence-corrected chi connectivity index (χ2v) is 6.81. The van der Waals surface area contributed by atoms with Gasteiger partial charge < -0.3 is 19.2 Å². The molecule has 2 fully saturated rings. The van der Waals surface area contributed by atoms with Crippen LogP contribution in [0.4, 0.5) is 6.01 Å². The molecule has 2 aromatic heterocycles. The molecule has 4 rings (SSSR count). The van der Waals surface area contributed by atoms with E-state index in [0.29, 0.717) is 23.7 Å². The van der Waals surface area contributed by atoms with Gasteiger partial charge in [0.15, 0.2) is 5.82 Å². The molecule has 8 heteroatoms. The Bertz CT molecular complexity index is 655. The zero-order chi connectivity index (χ0) is 16.4. The van der Waals surface area contributed by atoms with Crippen LogP contribution in [0, 0.1) is 12.8 Å². The molecule has 0 unspecified atom stereocenters. The second-order valence-electron chi connectivity index (χ2n) is 6.81. The highest BCUT2D eigenvalue weighted by Gasteiger charge is 2.27. The normalized spacial score (nSPS) is 25.1. The molecule has 0 amide bonds. The molecule has 0 aromatic carbocycles. The fourth-order valence-electron chi connectivity index (χ4n) is 3.66. The van der Waals surface area contributed by atoms with E-state index in [1.165, 1.54) is 0 Å². The van der Waals surface area contributed by atoms with Gasteiger partial charge in [0.05, 0.1) is 0 Å². The Morgan fingerprint density at radius 2 is 1.92 bits per heavy atom. The summed E-state index contributed by atoms with van der Waals surface area (Å²) in [5, 5.41) is 15.6. The van der Waals surface area contributed by atoms with Crippen molar-refractivity contribution in [2.24, 2.45) is 5.92 Å². The van der Waals surface area contributed by atoms with E-state index in [1.54, 1.807) is 0 Å². The number of nitrogens with one attached hydrogen (secondary N) is 1. The highest BCUT2D eigenvalue weighted by molar-refractivity contribution is 5.25. The molecular weight excluding hydrogens is 308 g/mol. The zero-order valence-corrected chi connectivity index (χ0v) is 14.1. The van der Waals surface area contributed by atoms with Gasteiger partial charge in [0.2, 0.25) is 11.8 Å². The third kappa shape index (κ3) is 3.43. The Hall–Kier alpha value is -1.96. The fraction of sp³-hybridized carbons (Fsp3) is 0.750. The zero-order valence-electron chi connectivity index (χ0n) is 14.1. The molecule has 1 aliphatic carbocycles. The molecule has 24 heavy (non-hydrogen) atoms. The maximum absolute atomic E-state index is 5.57. The number of hydrogen-bond donors (Lipinski definition) is 1. The Morgan fingerprint density at radius 1 is 1.12 bits per heavy atom. The van der Waals surface area contributed by atoms with Crippen LogP contribution in [0.5, 0.6) is 0 Å². The first-order chi connectivity index (χ1) is 11.8. The molecule has 0 spiro atoms. The van der Waals surface area contributed by atoms with Crippen molar-refractivity contribution in [1.82, 2.24) is 25.7 Å². The molecule has 0 bridgehead atoms. The van der Waals surface area contributed by atoms with Gasteiger partial charge in [-0.25, -0.2) is 0 Å². The van der Waals surface area contributed by atoms with Crippen LogP contribution in [0.15, 0.2) is 8.94 Å². The molecule has 0 radical (unpaired) electrons. The van der Waals surface area contributed by atoms with Gasteiger partial charge in [-0.05, 0) is 31.6 Å². The number of nitrogens with zero attached hydrogens (tertiary/aromatic N) is 5. The average molecular weight is 332 g/mol. The smallest absolute Gasteiger partial charge is 0.324 e. The molecule has 0 atom stereocenters. The van der Waals surface area contributed by atoms with E-state index in [-0.39, 0.29) is 0 Å². The summed E-state index contributed by atoms with van der Waals surface area (Å²) >= 11 is 0. The molecule has 1 saturated heterocycles. The molecular formula is C16H24N6O2. The van der Waals surface area contributed by atoms with E-state index < -0.39 is 0 Å². The maximum atomic E-state index is 5.57. The van der Waals surface area contributed by atoms with E-state index in [2.05, 4.69) is 30.6 Å². The summed E-state index contributed by atoms with van der Waals surface area (Å²) in [6.45, 7) is 5.63. The lowest BCUT2D eigenvalue weighted by Crippen LogP contribution is -2.43. The van der Waals surface area contributed by atoms with Crippen molar-refractivity contribution < 1.29 is 8.94 Å². The third-order valence-electron chi connectivity index (χ3n) is 5.05. The largest absolute Gasteiger partial charge is 0.425 e. The number of anilines is 1. The van der Waals surface area contributed by atoms with Gasteiger partial charge in [-0.2, -0.15) is 4.98 Å². The predicted octanol–water partition coefficient (Wildman–Crippen LogP) is 1.69. The van der Waals surface area contributed by atoms with E-state index in [0.717, 1.165) is 70.0 Å². The van der Waals surface area contributed by atoms with E-state index in [1.807, 2.05) is 6.92 Å². The molecule has 3 heterocycles. The second kappa shape index (κ2) is 6.88. The third-order valence-corrected chi connectivity index (χ3v) is 5.05. The number of rotatable bonds is 4. The summed E-state index contributed by atoms with van der Waals surface area (Å²) in [5.74, 6) is 3.30. The summed E-state index contributed by atoms with van der Waals surface area (Å²) in [5.41, 5.74) is 0. The SMILES string of the molecule is Cc1nnc(C2CCC(Cc3noc(N4CCNCC4)n3)CC2)o1. The van der Waals surface area contributed by atoms with Crippen LogP contribution >= 0.6 is 0 Å². The van der Waals surface area contributed by atoms with Crippen LogP contribution in [0.1, 0.15) is 49.2 Å². The molecule has 1 saturated carbocycles. The summed E-state index contributed by atoms with van der Waals surface area (Å²) in [6.07, 6.45) is 5.36. The van der Waals surface area contributed by atoms with Gasteiger partial charge in [-0.3, -0.25) is 0 Å². The van der Waals surface area contributed by atoms with E-state index in [4.69, 9.17) is 8.94 Å². The lowest BCUT2D eigenvalue weighted by Gasteiger charge is -2.25. The standard InChI is InChI=1S/C16H24N6O2/c1-11-19-20-15(23-11)13-4-2-12(3-5-13)10-14-18-16(24-21-14)22-8-6-17-7-9-22/h12-13,17H,2-10H2,1H3. The van der Waals surface area contributed by atoms with Gasteiger partial charge in [-0.1, -0.05) is 5.16 Å². The summed E-state index contributed by atoms with van der Waals surface area (Å²) < 4.78 is 11.0. The van der Waals surface area contributed by atoms with Crippen molar-refractivity contribution >= 4 is 6.01 Å². The van der Waals surface area contributed by atoms with Crippen LogP contribution < -0.4 is 10.2 Å². The predicted molar refractivity (Wildman–Crippen MR) is 86.8 cm³/mol. The molecule has 2 aliphatic rings. The van der Waals surface area contributed by atoms with Crippen LogP contribution in [0.3, 0.4) is 0 Å². The topological polar surface area (TPSA) is 93.1 Å². The first-order valence-electron chi connectivity index (χ1n) is 8.86. The van der Waals surface area contributed by atoms with Crippen molar-refractivity contribution in [1.29, 1.82) is 0 Å². The summed E-state index contributed by atoms with van der Waals surface area (Å²) in [7, 11) is 0. The highest BCUT2D eigenvalue weighted by Crippen LogP contribution is 2.36. The minimum atomic E-state index is 0.407. The van der Waals surface area contributed by atoms with Crippen LogP contribution in [-0.2, 0) is 6.42 Å². The monoisotopic (exact) mass is 332 g/mol. The van der Waals surface area contributed by atoms with Gasteiger partial charge in [0, 0.05) is 45.4 Å². The number of aryl methyl sites for hydroxylation is 1. The first kappa shape index (κ1) is 15.6. The van der Waals surface area contributed by atoms with Gasteiger partial charge in [0.1, 0.15) is 0 Å². The lowest BCUT2D eigenvalue weighted by atomic mass is 9.80. The molecule has 8 nitrogen and oxygen atoms in total.